The molecule has 0 spiro atoms. The van der Waals surface area contributed by atoms with Gasteiger partial charge in [-0.3, -0.25) is 9.36 Å². The minimum absolute atomic E-state index is 0.0699. The third-order valence-corrected chi connectivity index (χ3v) is 8.65. The van der Waals surface area contributed by atoms with Gasteiger partial charge in [0.25, 0.3) is 5.56 Å². The Bertz CT molecular complexity index is 1960. The molecule has 0 unspecified atom stereocenters. The Labute approximate surface area is 274 Å². The number of esters is 1. The number of halogens is 2. The third-order valence-electron chi connectivity index (χ3n) is 6.93. The number of allylic oxidation sites excluding steroid dienone is 1. The maximum absolute atomic E-state index is 14.1. The first-order valence-electron chi connectivity index (χ1n) is 14.3. The Kier molecular flexibility index (Phi) is 10.0. The van der Waals surface area contributed by atoms with Crippen LogP contribution in [0.2, 0.25) is 10.0 Å². The van der Waals surface area contributed by atoms with Crippen molar-refractivity contribution in [1.82, 2.24) is 4.57 Å². The van der Waals surface area contributed by atoms with Gasteiger partial charge in [0.2, 0.25) is 0 Å². The molecule has 234 valence electrons. The second-order valence-electron chi connectivity index (χ2n) is 10.5. The van der Waals surface area contributed by atoms with E-state index in [1.807, 2.05) is 50.2 Å². The van der Waals surface area contributed by atoms with Crippen molar-refractivity contribution >= 4 is 46.6 Å². The van der Waals surface area contributed by atoms with E-state index in [0.717, 1.165) is 11.1 Å². The number of nitrogens with zero attached hydrogens (tertiary/aromatic N) is 2. The lowest BCUT2D eigenvalue weighted by Crippen LogP contribution is -2.40. The Hall–Kier alpha value is -4.05. The summed E-state index contributed by atoms with van der Waals surface area (Å²) in [5.41, 5.74) is 2.77. The molecule has 1 aromatic heterocycles. The maximum atomic E-state index is 14.1. The van der Waals surface area contributed by atoms with E-state index in [1.54, 1.807) is 51.3 Å². The number of ether oxygens (including phenoxy) is 4. The molecule has 1 atom stereocenters. The lowest BCUT2D eigenvalue weighted by atomic mass is 9.95. The summed E-state index contributed by atoms with van der Waals surface area (Å²) in [6, 6.07) is 17.4. The van der Waals surface area contributed by atoms with E-state index in [-0.39, 0.29) is 23.8 Å². The molecule has 45 heavy (non-hydrogen) atoms. The Morgan fingerprint density at radius 2 is 1.87 bits per heavy atom. The number of thiazole rings is 1. The van der Waals surface area contributed by atoms with Crippen molar-refractivity contribution in [2.45, 2.75) is 46.4 Å². The summed E-state index contributed by atoms with van der Waals surface area (Å²) in [6.07, 6.45) is 1.72. The molecule has 11 heteroatoms. The SMILES string of the molecule is CCOC(=O)C1=C(C)N=c2s/c(=C\c3cccc(OCc4ccc(Cl)c(Cl)c4)c3)c(=O)n2[C@@H]1c1ccc(OC(C)C)c(OC)c1. The van der Waals surface area contributed by atoms with Crippen LogP contribution in [0.4, 0.5) is 0 Å². The van der Waals surface area contributed by atoms with E-state index in [1.165, 1.54) is 15.9 Å². The van der Waals surface area contributed by atoms with Crippen LogP contribution < -0.4 is 29.1 Å². The Balaban J connectivity index is 1.55. The molecule has 3 aromatic carbocycles. The molecule has 0 fully saturated rings. The van der Waals surface area contributed by atoms with Gasteiger partial charge in [-0.15, -0.1) is 0 Å². The van der Waals surface area contributed by atoms with Crippen LogP contribution >= 0.6 is 34.5 Å². The van der Waals surface area contributed by atoms with Crippen molar-refractivity contribution in [2.75, 3.05) is 13.7 Å². The van der Waals surface area contributed by atoms with Crippen LogP contribution in [0.15, 0.2) is 81.7 Å². The van der Waals surface area contributed by atoms with Crippen LogP contribution in [0.1, 0.15) is 50.4 Å². The number of hydrogen-bond donors (Lipinski definition) is 0. The molecule has 5 rings (SSSR count). The van der Waals surface area contributed by atoms with Crippen LogP contribution in [-0.2, 0) is 16.1 Å². The van der Waals surface area contributed by atoms with Crippen LogP contribution in [0.25, 0.3) is 6.08 Å². The zero-order valence-electron chi connectivity index (χ0n) is 25.4. The van der Waals surface area contributed by atoms with Gasteiger partial charge in [-0.25, -0.2) is 9.79 Å². The highest BCUT2D eigenvalue weighted by Gasteiger charge is 2.34. The van der Waals surface area contributed by atoms with Gasteiger partial charge in [0, 0.05) is 0 Å². The Morgan fingerprint density at radius 3 is 2.58 bits per heavy atom. The average Bonchev–Trinajstić information content (AvgIpc) is 3.31. The van der Waals surface area contributed by atoms with Crippen molar-refractivity contribution in [3.8, 4) is 17.2 Å². The number of rotatable bonds is 10. The van der Waals surface area contributed by atoms with Crippen molar-refractivity contribution in [3.05, 3.63) is 118 Å². The van der Waals surface area contributed by atoms with E-state index in [2.05, 4.69) is 4.99 Å². The van der Waals surface area contributed by atoms with Gasteiger partial charge in [-0.2, -0.15) is 0 Å². The molecule has 1 aliphatic heterocycles. The molecule has 0 N–H and O–H groups in total. The monoisotopic (exact) mass is 666 g/mol. The summed E-state index contributed by atoms with van der Waals surface area (Å²) in [4.78, 5) is 32.5. The van der Waals surface area contributed by atoms with E-state index >= 15 is 0 Å². The summed E-state index contributed by atoms with van der Waals surface area (Å²) in [5.74, 6) is 1.13. The quantitative estimate of drug-likeness (QED) is 0.180. The molecule has 8 nitrogen and oxygen atoms in total. The lowest BCUT2D eigenvalue weighted by molar-refractivity contribution is -0.139. The van der Waals surface area contributed by atoms with Gasteiger partial charge in [-0.1, -0.05) is 58.8 Å². The standard InChI is InChI=1S/C34H32Cl2N2O6S/c1-6-42-33(40)30-20(4)37-34-38(31(30)23-11-13-27(44-19(2)3)28(17-23)41-5)32(39)29(45-34)16-21-8-7-9-24(14-21)43-18-22-10-12-25(35)26(36)15-22/h7-17,19,31H,6,18H2,1-5H3/b29-16-/t31-/m1/s1. The van der Waals surface area contributed by atoms with Gasteiger partial charge < -0.3 is 18.9 Å². The molecule has 4 aromatic rings. The van der Waals surface area contributed by atoms with E-state index < -0.39 is 12.0 Å². The van der Waals surface area contributed by atoms with Crippen LogP contribution in [0.3, 0.4) is 0 Å². The minimum atomic E-state index is -0.787. The molecule has 0 radical (unpaired) electrons. The number of benzene rings is 3. The van der Waals surface area contributed by atoms with Gasteiger partial charge in [-0.05, 0) is 86.9 Å². The van der Waals surface area contributed by atoms with Crippen LogP contribution in [0.5, 0.6) is 17.2 Å². The minimum Gasteiger partial charge on any atom is -0.493 e. The molecule has 0 aliphatic carbocycles. The topological polar surface area (TPSA) is 88.4 Å². The first kappa shape index (κ1) is 32.3. The van der Waals surface area contributed by atoms with Crippen molar-refractivity contribution in [2.24, 2.45) is 4.99 Å². The van der Waals surface area contributed by atoms with Gasteiger partial charge >= 0.3 is 5.97 Å². The second kappa shape index (κ2) is 13.9. The summed E-state index contributed by atoms with van der Waals surface area (Å²) in [6.45, 7) is 7.81. The summed E-state index contributed by atoms with van der Waals surface area (Å²) in [7, 11) is 1.55. The van der Waals surface area contributed by atoms with Crippen molar-refractivity contribution in [1.29, 1.82) is 0 Å². The zero-order chi connectivity index (χ0) is 32.2. The molecule has 1 aliphatic rings. The van der Waals surface area contributed by atoms with E-state index in [4.69, 9.17) is 42.1 Å². The average molecular weight is 668 g/mol. The molecule has 0 saturated heterocycles. The number of aromatic nitrogens is 1. The fourth-order valence-corrected chi connectivity index (χ4v) is 6.32. The second-order valence-corrected chi connectivity index (χ2v) is 12.3. The predicted molar refractivity (Wildman–Crippen MR) is 176 cm³/mol. The highest BCUT2D eigenvalue weighted by molar-refractivity contribution is 7.07. The van der Waals surface area contributed by atoms with Gasteiger partial charge in [0.1, 0.15) is 12.4 Å². The summed E-state index contributed by atoms with van der Waals surface area (Å²) >= 11 is 13.4. The molecule has 0 bridgehead atoms. The van der Waals surface area contributed by atoms with Gasteiger partial charge in [0.05, 0.1) is 51.7 Å². The van der Waals surface area contributed by atoms with E-state index in [0.29, 0.717) is 54.5 Å². The number of fused-ring (bicyclic) bond motifs is 1. The Morgan fingerprint density at radius 1 is 1.07 bits per heavy atom. The highest BCUT2D eigenvalue weighted by atomic mass is 35.5. The number of methoxy groups -OCH3 is 1. The molecule has 0 saturated carbocycles. The largest absolute Gasteiger partial charge is 0.493 e. The smallest absolute Gasteiger partial charge is 0.338 e. The fraction of sp³-hybridized carbons (Fsp3) is 0.265. The van der Waals surface area contributed by atoms with Crippen molar-refractivity contribution < 1.29 is 23.7 Å². The van der Waals surface area contributed by atoms with E-state index in [9.17, 15) is 9.59 Å². The third kappa shape index (κ3) is 7.11. The number of carbonyl (C=O) groups is 1. The molecule has 2 heterocycles. The number of carbonyl (C=O) groups excluding carboxylic acids is 1. The lowest BCUT2D eigenvalue weighted by Gasteiger charge is -2.25. The molecule has 0 amide bonds. The predicted octanol–water partition coefficient (Wildman–Crippen LogP) is 6.48. The normalized spacial score (nSPS) is 14.7. The van der Waals surface area contributed by atoms with Crippen LogP contribution in [0, 0.1) is 0 Å². The fourth-order valence-electron chi connectivity index (χ4n) is 4.95. The maximum Gasteiger partial charge on any atom is 0.338 e. The first-order valence-corrected chi connectivity index (χ1v) is 15.9. The molecular weight excluding hydrogens is 635 g/mol. The number of hydrogen-bond acceptors (Lipinski definition) is 8. The highest BCUT2D eigenvalue weighted by Crippen LogP contribution is 2.36. The first-order chi connectivity index (χ1) is 21.6. The van der Waals surface area contributed by atoms with Gasteiger partial charge in [0.15, 0.2) is 16.3 Å². The van der Waals surface area contributed by atoms with Crippen molar-refractivity contribution in [3.63, 3.8) is 0 Å². The summed E-state index contributed by atoms with van der Waals surface area (Å²) < 4.78 is 24.9. The summed E-state index contributed by atoms with van der Waals surface area (Å²) in [5, 5.41) is 0.937. The zero-order valence-corrected chi connectivity index (χ0v) is 27.8. The molecular formula is C34H32Cl2N2O6S. The van der Waals surface area contributed by atoms with Crippen LogP contribution in [-0.4, -0.2) is 30.4 Å².